The van der Waals surface area contributed by atoms with E-state index in [1.807, 2.05) is 0 Å². The zero-order valence-corrected chi connectivity index (χ0v) is 18.2. The molecule has 192 valence electrons. The fourth-order valence-corrected chi connectivity index (χ4v) is 4.94. The van der Waals surface area contributed by atoms with Gasteiger partial charge in [0.1, 0.15) is 17.4 Å². The Balaban J connectivity index is 1.47. The Kier molecular flexibility index (Phi) is 5.26. The van der Waals surface area contributed by atoms with Crippen molar-refractivity contribution in [1.29, 1.82) is 0 Å². The Morgan fingerprint density at radius 3 is 2.50 bits per heavy atom. The van der Waals surface area contributed by atoms with Gasteiger partial charge in [0.2, 0.25) is 11.8 Å². The normalized spacial score (nSPS) is 23.9. The number of anilines is 1. The highest BCUT2D eigenvalue weighted by Gasteiger charge is 2.66. The average molecular weight is 519 g/mol. The number of piperidine rings is 1. The van der Waals surface area contributed by atoms with Crippen molar-refractivity contribution in [3.63, 3.8) is 0 Å². The highest BCUT2D eigenvalue weighted by Crippen LogP contribution is 2.58. The lowest BCUT2D eigenvalue weighted by atomic mass is 9.63. The van der Waals surface area contributed by atoms with Crippen LogP contribution in [0.1, 0.15) is 36.6 Å². The number of nitrogens with zero attached hydrogens (tertiary/aromatic N) is 6. The lowest BCUT2D eigenvalue weighted by Crippen LogP contribution is -2.71. The maximum Gasteiger partial charge on any atom is 0.418 e. The van der Waals surface area contributed by atoms with E-state index in [4.69, 9.17) is 4.42 Å². The molecule has 0 spiro atoms. The van der Waals surface area contributed by atoms with Gasteiger partial charge in [-0.15, -0.1) is 20.1 Å². The van der Waals surface area contributed by atoms with E-state index in [1.54, 1.807) is 0 Å². The minimum atomic E-state index is -4.84. The minimum Gasteiger partial charge on any atom is -0.423 e. The molecule has 1 N–H and O–H groups in total. The molecule has 1 saturated heterocycles. The molecule has 5 rings (SSSR count). The largest absolute Gasteiger partial charge is 0.423 e. The second-order valence-electron chi connectivity index (χ2n) is 8.68. The fourth-order valence-electron chi connectivity index (χ4n) is 4.94. The van der Waals surface area contributed by atoms with Gasteiger partial charge in [-0.05, 0) is 31.0 Å². The van der Waals surface area contributed by atoms with Gasteiger partial charge < -0.3 is 14.6 Å². The molecule has 2 fully saturated rings. The van der Waals surface area contributed by atoms with E-state index in [0.717, 1.165) is 17.0 Å². The van der Waals surface area contributed by atoms with Crippen LogP contribution in [0.3, 0.4) is 0 Å². The van der Waals surface area contributed by atoms with Crippen molar-refractivity contribution < 1.29 is 39.9 Å². The number of hydrogen-bond acceptors (Lipinski definition) is 6. The molecule has 2 amide bonds. The maximum absolute atomic E-state index is 13.5. The average Bonchev–Trinajstić information content (AvgIpc) is 3.40. The lowest BCUT2D eigenvalue weighted by molar-refractivity contribution is -0.229. The lowest BCUT2D eigenvalue weighted by Gasteiger charge is -2.61. The van der Waals surface area contributed by atoms with E-state index in [-0.39, 0.29) is 30.3 Å². The Bertz CT molecular complexity index is 1320. The van der Waals surface area contributed by atoms with Crippen molar-refractivity contribution >= 4 is 11.7 Å². The number of hydrogen-bond donors (Lipinski definition) is 1. The molecule has 2 aliphatic rings. The van der Waals surface area contributed by atoms with Gasteiger partial charge in [-0.3, -0.25) is 0 Å². The number of urea groups is 1. The maximum atomic E-state index is 13.5. The summed E-state index contributed by atoms with van der Waals surface area (Å²) >= 11 is 0. The van der Waals surface area contributed by atoms with Gasteiger partial charge >= 0.3 is 18.4 Å². The zero-order valence-electron chi connectivity index (χ0n) is 18.2. The summed E-state index contributed by atoms with van der Waals surface area (Å²) in [4.78, 5) is 14.8. The molecule has 2 aromatic heterocycles. The van der Waals surface area contributed by atoms with Crippen LogP contribution in [0.5, 0.6) is 0 Å². The summed E-state index contributed by atoms with van der Waals surface area (Å²) in [7, 11) is 0. The molecule has 1 aliphatic carbocycles. The number of aromatic nitrogens is 5. The van der Waals surface area contributed by atoms with Crippen LogP contribution in [0.15, 0.2) is 28.8 Å². The number of benzene rings is 1. The summed E-state index contributed by atoms with van der Waals surface area (Å²) in [6.45, 7) is 1.45. The first-order valence-corrected chi connectivity index (χ1v) is 10.5. The molecule has 1 saturated carbocycles. The van der Waals surface area contributed by atoms with Gasteiger partial charge in [0, 0.05) is 25.1 Å². The van der Waals surface area contributed by atoms with Crippen molar-refractivity contribution in [2.75, 3.05) is 5.32 Å². The quantitative estimate of drug-likeness (QED) is 0.508. The van der Waals surface area contributed by atoms with Gasteiger partial charge in [-0.2, -0.15) is 35.8 Å². The molecule has 1 aromatic carbocycles. The molecule has 0 radical (unpaired) electrons. The summed E-state index contributed by atoms with van der Waals surface area (Å²) in [5, 5.41) is 16.6. The first-order valence-electron chi connectivity index (χ1n) is 10.5. The molecular formula is C20H16F7N7O2. The van der Waals surface area contributed by atoms with Crippen LogP contribution < -0.4 is 5.32 Å². The van der Waals surface area contributed by atoms with Crippen molar-refractivity contribution in [2.24, 2.45) is 5.92 Å². The minimum absolute atomic E-state index is 0.101. The van der Waals surface area contributed by atoms with Crippen molar-refractivity contribution in [3.05, 3.63) is 47.7 Å². The molecule has 2 bridgehead atoms. The number of carbonyl (C=O) groups is 1. The number of alkyl halides is 6. The summed E-state index contributed by atoms with van der Waals surface area (Å²) in [6, 6.07) is 0.820. The third-order valence-electron chi connectivity index (χ3n) is 6.38. The highest BCUT2D eigenvalue weighted by atomic mass is 19.4. The van der Waals surface area contributed by atoms with Crippen LogP contribution >= 0.6 is 0 Å². The number of halogens is 7. The molecule has 9 nitrogen and oxygen atoms in total. The van der Waals surface area contributed by atoms with E-state index in [2.05, 4.69) is 25.7 Å². The third kappa shape index (κ3) is 3.93. The first kappa shape index (κ1) is 24.0. The van der Waals surface area contributed by atoms with Crippen LogP contribution in [0.4, 0.5) is 41.2 Å². The number of carbonyl (C=O) groups excluding carboxylic acids is 1. The summed E-state index contributed by atoms with van der Waals surface area (Å²) < 4.78 is 99.7. The molecule has 3 heterocycles. The molecular weight excluding hydrogens is 503 g/mol. The Morgan fingerprint density at radius 2 is 1.92 bits per heavy atom. The number of nitrogens with one attached hydrogen (secondary N) is 1. The molecule has 36 heavy (non-hydrogen) atoms. The Labute approximate surface area is 197 Å². The molecule has 3 aromatic rings. The summed E-state index contributed by atoms with van der Waals surface area (Å²) in [5.74, 6) is -2.87. The molecule has 3 atom stereocenters. The van der Waals surface area contributed by atoms with Crippen LogP contribution in [-0.2, 0) is 11.7 Å². The van der Waals surface area contributed by atoms with E-state index in [0.29, 0.717) is 17.1 Å². The summed E-state index contributed by atoms with van der Waals surface area (Å²) in [5.41, 5.74) is -3.51. The number of amides is 2. The smallest absolute Gasteiger partial charge is 0.418 e. The van der Waals surface area contributed by atoms with Crippen molar-refractivity contribution in [1.82, 2.24) is 30.1 Å². The van der Waals surface area contributed by atoms with Gasteiger partial charge in [-0.1, -0.05) is 0 Å². The predicted molar refractivity (Wildman–Crippen MR) is 105 cm³/mol. The van der Waals surface area contributed by atoms with Crippen LogP contribution in [0.2, 0.25) is 0 Å². The van der Waals surface area contributed by atoms with E-state index < -0.39 is 59.5 Å². The number of aryl methyl sites for hydroxylation is 1. The zero-order chi connectivity index (χ0) is 26.0. The number of likely N-dealkylation sites (tertiary alicyclic amines) is 1. The second kappa shape index (κ2) is 7.89. The van der Waals surface area contributed by atoms with E-state index >= 15 is 0 Å². The standard InChI is InChI=1S/C20H16F7N7O2/c1-9-30-31-16(36-9)18-6-10(19(22,23)24)4-12(7-18)33(18)17(35)29-11-2-3-13(20(25,26)27)14(5-11)34-28-8-15(21)32-34/h2-3,5,8,10,12H,4,6-7H2,1H3,(H,29,35)/t10-,12?,18?/m1/s1. The van der Waals surface area contributed by atoms with Crippen molar-refractivity contribution in [3.8, 4) is 5.69 Å². The molecule has 1 aliphatic heterocycles. The van der Waals surface area contributed by atoms with Gasteiger partial charge in [0.05, 0.1) is 11.5 Å². The van der Waals surface area contributed by atoms with Crippen molar-refractivity contribution in [2.45, 2.75) is 50.1 Å². The molecule has 2 unspecified atom stereocenters. The van der Waals surface area contributed by atoms with Crippen LogP contribution in [0, 0.1) is 18.8 Å². The molecule has 16 heteroatoms. The Morgan fingerprint density at radius 1 is 1.17 bits per heavy atom. The fraction of sp³-hybridized carbons (Fsp3) is 0.450. The highest BCUT2D eigenvalue weighted by molar-refractivity contribution is 5.91. The predicted octanol–water partition coefficient (Wildman–Crippen LogP) is 4.59. The number of fused-ring (bicyclic) bond motifs is 2. The SMILES string of the molecule is Cc1nnc(C23CC(C[C@@H](C(F)(F)F)C2)N3C(=O)Nc2ccc(C(F)(F)F)c(-n3ncc(F)n3)c2)o1. The monoisotopic (exact) mass is 519 g/mol. The van der Waals surface area contributed by atoms with E-state index in [1.165, 1.54) is 6.92 Å². The number of rotatable bonds is 3. The van der Waals surface area contributed by atoms with Crippen LogP contribution in [-0.4, -0.2) is 48.3 Å². The van der Waals surface area contributed by atoms with Crippen LogP contribution in [0.25, 0.3) is 5.69 Å². The van der Waals surface area contributed by atoms with Gasteiger partial charge in [-0.25, -0.2) is 4.79 Å². The Hall–Kier alpha value is -3.72. The first-order chi connectivity index (χ1) is 16.8. The van der Waals surface area contributed by atoms with Gasteiger partial charge in [0.15, 0.2) is 0 Å². The summed E-state index contributed by atoms with van der Waals surface area (Å²) in [6.07, 6.45) is -9.43. The third-order valence-corrected chi connectivity index (χ3v) is 6.38. The topological polar surface area (TPSA) is 102 Å². The van der Waals surface area contributed by atoms with E-state index in [9.17, 15) is 35.5 Å². The second-order valence-corrected chi connectivity index (χ2v) is 8.68. The van der Waals surface area contributed by atoms with Gasteiger partial charge in [0.25, 0.3) is 5.95 Å².